The molecule has 0 saturated heterocycles. The summed E-state index contributed by atoms with van der Waals surface area (Å²) >= 11 is 1.58. The first-order chi connectivity index (χ1) is 14.5. The van der Waals surface area contributed by atoms with Crippen molar-refractivity contribution in [2.45, 2.75) is 19.8 Å². The van der Waals surface area contributed by atoms with Gasteiger partial charge in [-0.1, -0.05) is 23.5 Å². The molecule has 2 heterocycles. The van der Waals surface area contributed by atoms with Crippen LogP contribution in [0.4, 0.5) is 4.39 Å². The van der Waals surface area contributed by atoms with Crippen LogP contribution in [0.1, 0.15) is 16.1 Å². The predicted molar refractivity (Wildman–Crippen MR) is 114 cm³/mol. The van der Waals surface area contributed by atoms with Gasteiger partial charge in [0.15, 0.2) is 5.82 Å². The fourth-order valence-corrected chi connectivity index (χ4v) is 4.20. The summed E-state index contributed by atoms with van der Waals surface area (Å²) in [7, 11) is 1.63. The Balaban J connectivity index is 1.37. The van der Waals surface area contributed by atoms with E-state index in [4.69, 9.17) is 4.74 Å². The van der Waals surface area contributed by atoms with E-state index in [0.29, 0.717) is 18.8 Å². The third kappa shape index (κ3) is 4.33. The highest BCUT2D eigenvalue weighted by Crippen LogP contribution is 2.26. The molecular formula is C22H21FN4O2S. The summed E-state index contributed by atoms with van der Waals surface area (Å²) in [5.41, 5.74) is 2.74. The number of halogens is 1. The van der Waals surface area contributed by atoms with Gasteiger partial charge in [0.1, 0.15) is 11.6 Å². The van der Waals surface area contributed by atoms with Gasteiger partial charge in [0.2, 0.25) is 10.9 Å². The zero-order valence-corrected chi connectivity index (χ0v) is 17.5. The minimum atomic E-state index is -0.305. The maximum Gasteiger partial charge on any atom is 0.224 e. The average Bonchev–Trinajstić information content (AvgIpc) is 3.29. The number of nitrogens with zero attached hydrogens (tertiary/aromatic N) is 3. The Bertz CT molecular complexity index is 1170. The molecule has 2 aromatic heterocycles. The second-order valence-corrected chi connectivity index (χ2v) is 7.93. The molecule has 1 N–H and O–H groups in total. The summed E-state index contributed by atoms with van der Waals surface area (Å²) in [5, 5.41) is 7.54. The van der Waals surface area contributed by atoms with Gasteiger partial charge in [0, 0.05) is 23.4 Å². The van der Waals surface area contributed by atoms with Gasteiger partial charge < -0.3 is 10.1 Å². The highest BCUT2D eigenvalue weighted by molar-refractivity contribution is 7.17. The van der Waals surface area contributed by atoms with Crippen molar-refractivity contribution in [2.75, 3.05) is 13.7 Å². The Morgan fingerprint density at radius 2 is 1.90 bits per heavy atom. The fourth-order valence-electron chi connectivity index (χ4n) is 3.14. The molecule has 154 valence electrons. The number of fused-ring (bicyclic) bond motifs is 1. The van der Waals surface area contributed by atoms with Crippen LogP contribution in [0.3, 0.4) is 0 Å². The van der Waals surface area contributed by atoms with E-state index in [1.54, 1.807) is 30.6 Å². The topological polar surface area (TPSA) is 68.5 Å². The lowest BCUT2D eigenvalue weighted by Gasteiger charge is -2.05. The molecule has 4 rings (SSSR count). The first-order valence-electron chi connectivity index (χ1n) is 9.54. The number of carbonyl (C=O) groups is 1. The molecule has 0 unspecified atom stereocenters. The van der Waals surface area contributed by atoms with Crippen molar-refractivity contribution in [1.29, 1.82) is 0 Å². The zero-order chi connectivity index (χ0) is 21.1. The van der Waals surface area contributed by atoms with Gasteiger partial charge in [-0.25, -0.2) is 8.91 Å². The first kappa shape index (κ1) is 20.0. The minimum absolute atomic E-state index is 0.0829. The van der Waals surface area contributed by atoms with Gasteiger partial charge >= 0.3 is 0 Å². The van der Waals surface area contributed by atoms with Crippen LogP contribution in [0.25, 0.3) is 16.3 Å². The van der Waals surface area contributed by atoms with Crippen molar-refractivity contribution in [3.8, 4) is 17.1 Å². The minimum Gasteiger partial charge on any atom is -0.497 e. The van der Waals surface area contributed by atoms with Crippen molar-refractivity contribution in [3.05, 3.63) is 70.5 Å². The quantitative estimate of drug-likeness (QED) is 0.490. The number of hydrogen-bond acceptors (Lipinski definition) is 5. The lowest BCUT2D eigenvalue weighted by molar-refractivity contribution is -0.120. The summed E-state index contributed by atoms with van der Waals surface area (Å²) in [4.78, 5) is 18.7. The standard InChI is InChI=1S/C22H21FN4O2S/c1-14-19(11-12-24-20(28)13-15-3-7-17(23)8-4-15)30-22-25-21(26-27(14)22)16-5-9-18(29-2)10-6-16/h3-10H,11-13H2,1-2H3,(H,24,28). The number of methoxy groups -OCH3 is 1. The molecule has 0 spiro atoms. The van der Waals surface area contributed by atoms with Crippen molar-refractivity contribution in [1.82, 2.24) is 19.9 Å². The largest absolute Gasteiger partial charge is 0.497 e. The maximum atomic E-state index is 12.9. The van der Waals surface area contributed by atoms with Gasteiger partial charge in [-0.05, 0) is 48.9 Å². The molecule has 0 saturated carbocycles. The molecule has 0 fully saturated rings. The predicted octanol–water partition coefficient (Wildman–Crippen LogP) is 3.82. The SMILES string of the molecule is COc1ccc(-c2nc3sc(CCNC(=O)Cc4ccc(F)cc4)c(C)n3n2)cc1. The average molecular weight is 425 g/mol. The van der Waals surface area contributed by atoms with Crippen LogP contribution in [-0.4, -0.2) is 34.2 Å². The van der Waals surface area contributed by atoms with Crippen molar-refractivity contribution in [3.63, 3.8) is 0 Å². The van der Waals surface area contributed by atoms with Crippen LogP contribution in [-0.2, 0) is 17.6 Å². The smallest absolute Gasteiger partial charge is 0.224 e. The van der Waals surface area contributed by atoms with Crippen molar-refractivity contribution < 1.29 is 13.9 Å². The van der Waals surface area contributed by atoms with E-state index in [-0.39, 0.29) is 18.1 Å². The van der Waals surface area contributed by atoms with Crippen molar-refractivity contribution >= 4 is 22.2 Å². The lowest BCUT2D eigenvalue weighted by atomic mass is 10.1. The molecule has 0 aliphatic rings. The summed E-state index contributed by atoms with van der Waals surface area (Å²) in [6, 6.07) is 13.6. The number of amides is 1. The van der Waals surface area contributed by atoms with Gasteiger partial charge in [0.05, 0.1) is 19.2 Å². The summed E-state index contributed by atoms with van der Waals surface area (Å²) in [6.07, 6.45) is 0.939. The van der Waals surface area contributed by atoms with E-state index in [1.807, 2.05) is 35.7 Å². The number of ether oxygens (including phenoxy) is 1. The molecule has 4 aromatic rings. The van der Waals surface area contributed by atoms with E-state index in [9.17, 15) is 9.18 Å². The summed E-state index contributed by atoms with van der Waals surface area (Å²) < 4.78 is 20.0. The second-order valence-electron chi connectivity index (χ2n) is 6.87. The third-order valence-electron chi connectivity index (χ3n) is 4.81. The highest BCUT2D eigenvalue weighted by atomic mass is 32.1. The molecule has 6 nitrogen and oxygen atoms in total. The summed E-state index contributed by atoms with van der Waals surface area (Å²) in [5.74, 6) is 1.08. The number of rotatable bonds is 7. The molecule has 1 amide bonds. The van der Waals surface area contributed by atoms with E-state index in [1.165, 1.54) is 12.1 Å². The molecule has 0 radical (unpaired) electrons. The van der Waals surface area contributed by atoms with E-state index >= 15 is 0 Å². The Kier molecular flexibility index (Phi) is 5.76. The highest BCUT2D eigenvalue weighted by Gasteiger charge is 2.14. The first-order valence-corrected chi connectivity index (χ1v) is 10.4. The van der Waals surface area contributed by atoms with Gasteiger partial charge in [-0.3, -0.25) is 4.79 Å². The number of thiazole rings is 1. The lowest BCUT2D eigenvalue weighted by Crippen LogP contribution is -2.27. The van der Waals surface area contributed by atoms with Gasteiger partial charge in [-0.15, -0.1) is 5.10 Å². The maximum absolute atomic E-state index is 12.9. The normalized spacial score (nSPS) is 11.0. The number of aryl methyl sites for hydroxylation is 1. The number of benzene rings is 2. The fraction of sp³-hybridized carbons (Fsp3) is 0.227. The van der Waals surface area contributed by atoms with Crippen molar-refractivity contribution in [2.24, 2.45) is 0 Å². The Morgan fingerprint density at radius 3 is 2.57 bits per heavy atom. The molecule has 0 aliphatic heterocycles. The zero-order valence-electron chi connectivity index (χ0n) is 16.7. The number of nitrogens with one attached hydrogen (secondary N) is 1. The monoisotopic (exact) mass is 424 g/mol. The van der Waals surface area contributed by atoms with Crippen LogP contribution in [0.15, 0.2) is 48.5 Å². The second kappa shape index (κ2) is 8.62. The van der Waals surface area contributed by atoms with Crippen LogP contribution in [0.5, 0.6) is 5.75 Å². The van der Waals surface area contributed by atoms with Gasteiger partial charge in [0.25, 0.3) is 0 Å². The van der Waals surface area contributed by atoms with E-state index in [0.717, 1.165) is 32.4 Å². The molecular weight excluding hydrogens is 403 g/mol. The van der Waals surface area contributed by atoms with E-state index in [2.05, 4.69) is 15.4 Å². The van der Waals surface area contributed by atoms with Crippen LogP contribution in [0, 0.1) is 12.7 Å². The number of carbonyl (C=O) groups excluding carboxylic acids is 1. The third-order valence-corrected chi connectivity index (χ3v) is 6.01. The molecule has 2 aromatic carbocycles. The molecule has 0 atom stereocenters. The van der Waals surface area contributed by atoms with E-state index < -0.39 is 0 Å². The molecule has 0 bridgehead atoms. The number of hydrogen-bond donors (Lipinski definition) is 1. The molecule has 0 aliphatic carbocycles. The molecule has 30 heavy (non-hydrogen) atoms. The number of aromatic nitrogens is 3. The Labute approximate surface area is 177 Å². The van der Waals surface area contributed by atoms with Crippen LogP contribution >= 0.6 is 11.3 Å². The van der Waals surface area contributed by atoms with Crippen LogP contribution < -0.4 is 10.1 Å². The van der Waals surface area contributed by atoms with Gasteiger partial charge in [-0.2, -0.15) is 4.98 Å². The Morgan fingerprint density at radius 1 is 1.17 bits per heavy atom. The van der Waals surface area contributed by atoms with Crippen LogP contribution in [0.2, 0.25) is 0 Å². The summed E-state index contributed by atoms with van der Waals surface area (Å²) in [6.45, 7) is 2.53. The molecule has 8 heteroatoms. The Hall–Kier alpha value is -3.26.